The number of aliphatic hydroxyl groups excluding tert-OH is 1. The molecular formula is C13H18O. The van der Waals surface area contributed by atoms with Gasteiger partial charge in [-0.1, -0.05) is 36.8 Å². The van der Waals surface area contributed by atoms with Gasteiger partial charge in [-0.25, -0.2) is 0 Å². The summed E-state index contributed by atoms with van der Waals surface area (Å²) in [6.45, 7) is 0. The molecule has 1 fully saturated rings. The molecule has 1 heteroatoms. The molecule has 1 aliphatic rings. The van der Waals surface area contributed by atoms with Crippen LogP contribution in [-0.2, 0) is 6.42 Å². The van der Waals surface area contributed by atoms with E-state index in [-0.39, 0.29) is 6.10 Å². The molecule has 1 aromatic carbocycles. The van der Waals surface area contributed by atoms with Gasteiger partial charge < -0.3 is 5.11 Å². The molecule has 0 heterocycles. The van der Waals surface area contributed by atoms with Crippen LogP contribution in [0.2, 0.25) is 0 Å². The summed E-state index contributed by atoms with van der Waals surface area (Å²) in [5.41, 5.74) is 1.34. The van der Waals surface area contributed by atoms with E-state index in [1.54, 1.807) is 0 Å². The molecule has 0 aliphatic heterocycles. The standard InChI is InChI=1S/C13H18O/c14-13(12-7-4-8-12)10-9-11-5-2-1-3-6-11/h1-3,5-6,12-14H,4,7-10H2. The number of aliphatic hydroxyl groups is 1. The molecule has 0 aromatic heterocycles. The SMILES string of the molecule is OC(CCc1ccccc1)C1CCC1. The fourth-order valence-corrected chi connectivity index (χ4v) is 2.02. The van der Waals surface area contributed by atoms with Crippen molar-refractivity contribution in [2.45, 2.75) is 38.2 Å². The third-order valence-corrected chi connectivity index (χ3v) is 3.27. The fraction of sp³-hybridized carbons (Fsp3) is 0.538. The predicted octanol–water partition coefficient (Wildman–Crippen LogP) is 2.78. The molecule has 1 N–H and O–H groups in total. The van der Waals surface area contributed by atoms with Gasteiger partial charge in [0.2, 0.25) is 0 Å². The summed E-state index contributed by atoms with van der Waals surface area (Å²) < 4.78 is 0. The maximum Gasteiger partial charge on any atom is 0.0571 e. The molecule has 0 saturated heterocycles. The van der Waals surface area contributed by atoms with Crippen molar-refractivity contribution in [2.24, 2.45) is 5.92 Å². The Labute approximate surface area is 85.8 Å². The van der Waals surface area contributed by atoms with E-state index in [2.05, 4.69) is 24.3 Å². The average molecular weight is 190 g/mol. The molecule has 1 aromatic rings. The molecule has 14 heavy (non-hydrogen) atoms. The highest BCUT2D eigenvalue weighted by molar-refractivity contribution is 5.14. The van der Waals surface area contributed by atoms with Crippen LogP contribution in [0.3, 0.4) is 0 Å². The van der Waals surface area contributed by atoms with E-state index in [1.165, 1.54) is 24.8 Å². The van der Waals surface area contributed by atoms with Gasteiger partial charge in [0.05, 0.1) is 6.10 Å². The maximum absolute atomic E-state index is 9.83. The van der Waals surface area contributed by atoms with Crippen LogP contribution in [-0.4, -0.2) is 11.2 Å². The van der Waals surface area contributed by atoms with Crippen molar-refractivity contribution in [3.8, 4) is 0 Å². The van der Waals surface area contributed by atoms with Gasteiger partial charge in [-0.05, 0) is 37.2 Å². The molecule has 2 rings (SSSR count). The second kappa shape index (κ2) is 4.61. The van der Waals surface area contributed by atoms with E-state index in [9.17, 15) is 5.11 Å². The lowest BCUT2D eigenvalue weighted by molar-refractivity contribution is 0.0560. The molecule has 0 radical (unpaired) electrons. The van der Waals surface area contributed by atoms with Gasteiger partial charge >= 0.3 is 0 Å². The summed E-state index contributed by atoms with van der Waals surface area (Å²) in [7, 11) is 0. The monoisotopic (exact) mass is 190 g/mol. The lowest BCUT2D eigenvalue weighted by Gasteiger charge is -2.30. The first-order valence-electron chi connectivity index (χ1n) is 5.58. The van der Waals surface area contributed by atoms with Crippen LogP contribution in [0.15, 0.2) is 30.3 Å². The maximum atomic E-state index is 9.83. The van der Waals surface area contributed by atoms with Crippen molar-refractivity contribution in [3.63, 3.8) is 0 Å². The Morgan fingerprint density at radius 3 is 2.50 bits per heavy atom. The molecule has 1 atom stereocenters. The zero-order valence-corrected chi connectivity index (χ0v) is 8.52. The van der Waals surface area contributed by atoms with Gasteiger partial charge in [-0.3, -0.25) is 0 Å². The van der Waals surface area contributed by atoms with Crippen molar-refractivity contribution in [2.75, 3.05) is 0 Å². The Bertz CT molecular complexity index is 264. The molecule has 0 spiro atoms. The molecule has 76 valence electrons. The first-order valence-corrected chi connectivity index (χ1v) is 5.58. The van der Waals surface area contributed by atoms with Crippen LogP contribution in [0.5, 0.6) is 0 Å². The zero-order valence-electron chi connectivity index (χ0n) is 8.52. The Hall–Kier alpha value is -0.820. The van der Waals surface area contributed by atoms with E-state index < -0.39 is 0 Å². The lowest BCUT2D eigenvalue weighted by atomic mass is 9.79. The second-order valence-corrected chi connectivity index (χ2v) is 4.28. The lowest BCUT2D eigenvalue weighted by Crippen LogP contribution is -2.26. The van der Waals surface area contributed by atoms with Gasteiger partial charge in [-0.15, -0.1) is 0 Å². The molecule has 0 bridgehead atoms. The van der Waals surface area contributed by atoms with Crippen molar-refractivity contribution in [1.29, 1.82) is 0 Å². The predicted molar refractivity (Wildman–Crippen MR) is 58.1 cm³/mol. The summed E-state index contributed by atoms with van der Waals surface area (Å²) >= 11 is 0. The highest BCUT2D eigenvalue weighted by Crippen LogP contribution is 2.31. The summed E-state index contributed by atoms with van der Waals surface area (Å²) in [6.07, 6.45) is 5.65. The summed E-state index contributed by atoms with van der Waals surface area (Å²) in [6, 6.07) is 10.4. The Kier molecular flexibility index (Phi) is 3.20. The first-order chi connectivity index (χ1) is 6.86. The third-order valence-electron chi connectivity index (χ3n) is 3.27. The van der Waals surface area contributed by atoms with Crippen molar-refractivity contribution >= 4 is 0 Å². The van der Waals surface area contributed by atoms with Crippen LogP contribution in [0.1, 0.15) is 31.2 Å². The van der Waals surface area contributed by atoms with Gasteiger partial charge in [0.1, 0.15) is 0 Å². The minimum atomic E-state index is -0.0658. The Balaban J connectivity index is 1.76. The smallest absolute Gasteiger partial charge is 0.0571 e. The summed E-state index contributed by atoms with van der Waals surface area (Å²) in [5.74, 6) is 0.596. The second-order valence-electron chi connectivity index (χ2n) is 4.28. The topological polar surface area (TPSA) is 20.2 Å². The van der Waals surface area contributed by atoms with Gasteiger partial charge in [-0.2, -0.15) is 0 Å². The summed E-state index contributed by atoms with van der Waals surface area (Å²) in [5, 5.41) is 9.83. The highest BCUT2D eigenvalue weighted by atomic mass is 16.3. The van der Waals surface area contributed by atoms with Crippen LogP contribution in [0.25, 0.3) is 0 Å². The van der Waals surface area contributed by atoms with E-state index in [4.69, 9.17) is 0 Å². The van der Waals surface area contributed by atoms with E-state index in [0.29, 0.717) is 5.92 Å². The Morgan fingerprint density at radius 1 is 1.21 bits per heavy atom. The zero-order chi connectivity index (χ0) is 9.80. The number of benzene rings is 1. The molecule has 1 nitrogen and oxygen atoms in total. The largest absolute Gasteiger partial charge is 0.393 e. The van der Waals surface area contributed by atoms with Crippen molar-refractivity contribution in [3.05, 3.63) is 35.9 Å². The molecule has 1 aliphatic carbocycles. The van der Waals surface area contributed by atoms with Crippen LogP contribution >= 0.6 is 0 Å². The highest BCUT2D eigenvalue weighted by Gasteiger charge is 2.24. The quantitative estimate of drug-likeness (QED) is 0.774. The summed E-state index contributed by atoms with van der Waals surface area (Å²) in [4.78, 5) is 0. The van der Waals surface area contributed by atoms with Crippen molar-refractivity contribution in [1.82, 2.24) is 0 Å². The number of hydrogen-bond acceptors (Lipinski definition) is 1. The van der Waals surface area contributed by atoms with E-state index >= 15 is 0 Å². The molecule has 1 unspecified atom stereocenters. The van der Waals surface area contributed by atoms with Crippen LogP contribution in [0.4, 0.5) is 0 Å². The number of aryl methyl sites for hydroxylation is 1. The minimum Gasteiger partial charge on any atom is -0.393 e. The average Bonchev–Trinajstić information content (AvgIpc) is 2.14. The van der Waals surface area contributed by atoms with Gasteiger partial charge in [0.25, 0.3) is 0 Å². The first kappa shape index (κ1) is 9.72. The fourth-order valence-electron chi connectivity index (χ4n) is 2.02. The number of hydrogen-bond donors (Lipinski definition) is 1. The number of rotatable bonds is 4. The van der Waals surface area contributed by atoms with Crippen LogP contribution < -0.4 is 0 Å². The molecule has 0 amide bonds. The van der Waals surface area contributed by atoms with Gasteiger partial charge in [0, 0.05) is 0 Å². The molecular weight excluding hydrogens is 172 g/mol. The minimum absolute atomic E-state index is 0.0658. The van der Waals surface area contributed by atoms with E-state index in [0.717, 1.165) is 12.8 Å². The molecule has 1 saturated carbocycles. The van der Waals surface area contributed by atoms with Crippen LogP contribution in [0, 0.1) is 5.92 Å². The third kappa shape index (κ3) is 2.36. The Morgan fingerprint density at radius 2 is 1.93 bits per heavy atom. The van der Waals surface area contributed by atoms with Crippen molar-refractivity contribution < 1.29 is 5.11 Å². The normalized spacial score (nSPS) is 18.9. The van der Waals surface area contributed by atoms with Gasteiger partial charge in [0.15, 0.2) is 0 Å². The van der Waals surface area contributed by atoms with E-state index in [1.807, 2.05) is 6.07 Å².